The molecule has 0 aliphatic carbocycles. The van der Waals surface area contributed by atoms with Crippen molar-refractivity contribution in [1.82, 2.24) is 15.1 Å². The van der Waals surface area contributed by atoms with E-state index in [1.807, 2.05) is 0 Å². The van der Waals surface area contributed by atoms with Crippen molar-refractivity contribution >= 4 is 21.7 Å². The van der Waals surface area contributed by atoms with Gasteiger partial charge >= 0.3 is 12.3 Å². The second kappa shape index (κ2) is 8.57. The molecule has 1 saturated heterocycles. The quantitative estimate of drug-likeness (QED) is 0.676. The number of carbonyl (C=O) groups is 1. The Morgan fingerprint density at radius 3 is 2.12 bits per heavy atom. The van der Waals surface area contributed by atoms with Crippen molar-refractivity contribution < 1.29 is 31.1 Å². The summed E-state index contributed by atoms with van der Waals surface area (Å²) in [4.78, 5) is 14.0. The van der Waals surface area contributed by atoms with E-state index in [-0.39, 0.29) is 36.9 Å². The molecule has 8 nitrogen and oxygen atoms in total. The minimum atomic E-state index is -5.00. The van der Waals surface area contributed by atoms with Gasteiger partial charge in [0.2, 0.25) is 9.84 Å². The lowest BCUT2D eigenvalue weighted by Gasteiger charge is -2.36. The second-order valence-electron chi connectivity index (χ2n) is 8.18. The summed E-state index contributed by atoms with van der Waals surface area (Å²) in [6.07, 6.45) is -5.50. The monoisotopic (exact) mass is 472 g/mol. The highest BCUT2D eigenvalue weighted by atomic mass is 32.2. The van der Waals surface area contributed by atoms with Crippen LogP contribution in [-0.2, 0) is 20.8 Å². The van der Waals surface area contributed by atoms with Crippen LogP contribution < -0.4 is 4.90 Å². The molecule has 0 atom stereocenters. The first-order chi connectivity index (χ1) is 14.8. The van der Waals surface area contributed by atoms with Crippen molar-refractivity contribution in [3.8, 4) is 0 Å². The number of hydrogen-bond donors (Lipinski definition) is 0. The van der Waals surface area contributed by atoms with Gasteiger partial charge in [-0.2, -0.15) is 13.2 Å². The smallest absolute Gasteiger partial charge is 0.436 e. The van der Waals surface area contributed by atoms with Gasteiger partial charge in [-0.3, -0.25) is 0 Å². The summed E-state index contributed by atoms with van der Waals surface area (Å²) < 4.78 is 71.7. The number of amides is 1. The number of rotatable bonds is 3. The Morgan fingerprint density at radius 2 is 1.59 bits per heavy atom. The zero-order valence-corrected chi connectivity index (χ0v) is 18.6. The van der Waals surface area contributed by atoms with Crippen LogP contribution in [0.25, 0.3) is 0 Å². The molecule has 0 unspecified atom stereocenters. The predicted molar refractivity (Wildman–Crippen MR) is 109 cm³/mol. The molecule has 12 heteroatoms. The van der Waals surface area contributed by atoms with Gasteiger partial charge in [-0.05, 0) is 32.9 Å². The first kappa shape index (κ1) is 23.8. The SMILES string of the molecule is CC(C)(C)OC(=O)N1CCN(c2cc(S(=O)(=O)c3ccccc3)c(C(F)(F)F)nn2)CC1. The summed E-state index contributed by atoms with van der Waals surface area (Å²) in [5, 5.41) is 6.84. The molecular formula is C20H23F3N4O4S. The van der Waals surface area contributed by atoms with E-state index in [1.165, 1.54) is 29.2 Å². The van der Waals surface area contributed by atoms with Gasteiger partial charge in [0.15, 0.2) is 11.5 Å². The Bertz CT molecular complexity index is 1080. The van der Waals surface area contributed by atoms with Gasteiger partial charge in [0.25, 0.3) is 0 Å². The fraction of sp³-hybridized carbons (Fsp3) is 0.450. The minimum absolute atomic E-state index is 0.0173. The van der Waals surface area contributed by atoms with Gasteiger partial charge < -0.3 is 14.5 Å². The van der Waals surface area contributed by atoms with Crippen molar-refractivity contribution in [3.05, 3.63) is 42.1 Å². The molecule has 1 fully saturated rings. The molecule has 1 amide bonds. The maximum atomic E-state index is 13.5. The summed E-state index contributed by atoms with van der Waals surface area (Å²) >= 11 is 0. The molecular weight excluding hydrogens is 449 g/mol. The number of halogens is 3. The molecule has 0 N–H and O–H groups in total. The number of carbonyl (C=O) groups excluding carboxylic acids is 1. The topological polar surface area (TPSA) is 92.7 Å². The van der Waals surface area contributed by atoms with Crippen LogP contribution in [0.15, 0.2) is 46.2 Å². The van der Waals surface area contributed by atoms with Crippen LogP contribution in [0.4, 0.5) is 23.8 Å². The largest absolute Gasteiger partial charge is 0.444 e. The Morgan fingerprint density at radius 1 is 1.00 bits per heavy atom. The Kier molecular flexibility index (Phi) is 6.36. The lowest BCUT2D eigenvalue weighted by molar-refractivity contribution is -0.144. The van der Waals surface area contributed by atoms with Gasteiger partial charge in [-0.1, -0.05) is 18.2 Å². The normalized spacial score (nSPS) is 15.6. The van der Waals surface area contributed by atoms with Crippen molar-refractivity contribution in [3.63, 3.8) is 0 Å². The Balaban J connectivity index is 1.89. The number of piperazine rings is 1. The van der Waals surface area contributed by atoms with E-state index in [2.05, 4.69) is 10.2 Å². The van der Waals surface area contributed by atoms with E-state index in [0.29, 0.717) is 0 Å². The molecule has 32 heavy (non-hydrogen) atoms. The number of aromatic nitrogens is 2. The predicted octanol–water partition coefficient (Wildman–Crippen LogP) is 3.39. The molecule has 2 aromatic rings. The van der Waals surface area contributed by atoms with Crippen LogP contribution in [0.5, 0.6) is 0 Å². The van der Waals surface area contributed by atoms with E-state index in [9.17, 15) is 26.4 Å². The number of benzene rings is 1. The second-order valence-corrected chi connectivity index (χ2v) is 10.1. The molecule has 0 saturated carbocycles. The van der Waals surface area contributed by atoms with Gasteiger partial charge in [0.1, 0.15) is 10.5 Å². The van der Waals surface area contributed by atoms with E-state index in [4.69, 9.17) is 4.74 Å². The summed E-state index contributed by atoms with van der Waals surface area (Å²) in [5.74, 6) is -0.0173. The van der Waals surface area contributed by atoms with Crippen molar-refractivity contribution in [2.24, 2.45) is 0 Å². The van der Waals surface area contributed by atoms with E-state index >= 15 is 0 Å². The molecule has 0 bridgehead atoms. The Hall–Kier alpha value is -2.89. The Labute approximate surface area is 183 Å². The molecule has 174 valence electrons. The van der Waals surface area contributed by atoms with Gasteiger partial charge in [0.05, 0.1) is 4.90 Å². The highest BCUT2D eigenvalue weighted by molar-refractivity contribution is 7.91. The number of alkyl halides is 3. The van der Waals surface area contributed by atoms with Crippen LogP contribution in [0.2, 0.25) is 0 Å². The number of ether oxygens (including phenoxy) is 1. The van der Waals surface area contributed by atoms with Gasteiger partial charge in [-0.15, -0.1) is 10.2 Å². The number of anilines is 1. The summed E-state index contributed by atoms with van der Waals surface area (Å²) in [6.45, 7) is 6.15. The maximum absolute atomic E-state index is 13.5. The highest BCUT2D eigenvalue weighted by Gasteiger charge is 2.41. The molecule has 1 aromatic carbocycles. The fourth-order valence-corrected chi connectivity index (χ4v) is 4.53. The van der Waals surface area contributed by atoms with E-state index < -0.39 is 38.3 Å². The van der Waals surface area contributed by atoms with Crippen LogP contribution in [0, 0.1) is 0 Å². The molecule has 1 aliphatic rings. The van der Waals surface area contributed by atoms with E-state index in [1.54, 1.807) is 31.7 Å². The van der Waals surface area contributed by atoms with E-state index in [0.717, 1.165) is 6.07 Å². The first-order valence-electron chi connectivity index (χ1n) is 9.77. The van der Waals surface area contributed by atoms with Crippen molar-refractivity contribution in [1.29, 1.82) is 0 Å². The summed E-state index contributed by atoms with van der Waals surface area (Å²) in [5.41, 5.74) is -2.23. The average molecular weight is 472 g/mol. The van der Waals surface area contributed by atoms with Crippen LogP contribution in [0.1, 0.15) is 26.5 Å². The molecule has 0 spiro atoms. The third-order valence-corrected chi connectivity index (χ3v) is 6.40. The molecule has 2 heterocycles. The highest BCUT2D eigenvalue weighted by Crippen LogP contribution is 2.36. The summed E-state index contributed by atoms with van der Waals surface area (Å²) in [7, 11) is -4.49. The zero-order valence-electron chi connectivity index (χ0n) is 17.8. The van der Waals surface area contributed by atoms with Crippen molar-refractivity contribution in [2.45, 2.75) is 42.3 Å². The third-order valence-electron chi connectivity index (χ3n) is 4.61. The van der Waals surface area contributed by atoms with Crippen LogP contribution in [-0.4, -0.2) is 61.4 Å². The fourth-order valence-electron chi connectivity index (χ4n) is 3.09. The molecule has 1 aliphatic heterocycles. The first-order valence-corrected chi connectivity index (χ1v) is 11.3. The standard InChI is InChI=1S/C20H23F3N4O4S/c1-19(2,3)31-18(28)27-11-9-26(10-12-27)16-13-15(17(25-24-16)20(21,22)23)32(29,30)14-7-5-4-6-8-14/h4-8,13H,9-12H2,1-3H3. The maximum Gasteiger partial charge on any atom is 0.436 e. The number of hydrogen-bond acceptors (Lipinski definition) is 7. The zero-order chi connectivity index (χ0) is 23.7. The number of nitrogens with zero attached hydrogens (tertiary/aromatic N) is 4. The van der Waals surface area contributed by atoms with Crippen molar-refractivity contribution in [2.75, 3.05) is 31.1 Å². The number of sulfone groups is 1. The minimum Gasteiger partial charge on any atom is -0.444 e. The van der Waals surface area contributed by atoms with Crippen LogP contribution >= 0.6 is 0 Å². The molecule has 1 aromatic heterocycles. The average Bonchev–Trinajstić information content (AvgIpc) is 2.72. The lowest BCUT2D eigenvalue weighted by atomic mass is 10.2. The summed E-state index contributed by atoms with van der Waals surface area (Å²) in [6, 6.07) is 7.73. The third kappa shape index (κ3) is 5.29. The molecule has 3 rings (SSSR count). The van der Waals surface area contributed by atoms with Crippen LogP contribution in [0.3, 0.4) is 0 Å². The van der Waals surface area contributed by atoms with Gasteiger partial charge in [0, 0.05) is 32.2 Å². The molecule has 0 radical (unpaired) electrons. The van der Waals surface area contributed by atoms with Gasteiger partial charge in [-0.25, -0.2) is 13.2 Å². The lowest BCUT2D eigenvalue weighted by Crippen LogP contribution is -2.50.